The van der Waals surface area contributed by atoms with Crippen LogP contribution in [0.15, 0.2) is 49.1 Å². The maximum Gasteiger partial charge on any atom is 0.271 e. The lowest BCUT2D eigenvalue weighted by Gasteiger charge is -2.09. The van der Waals surface area contributed by atoms with E-state index in [0.29, 0.717) is 11.2 Å². The van der Waals surface area contributed by atoms with Crippen LogP contribution >= 0.6 is 0 Å². The lowest BCUT2D eigenvalue weighted by molar-refractivity contribution is 0.0960. The van der Waals surface area contributed by atoms with Crippen LogP contribution in [0.25, 0.3) is 22.0 Å². The molecule has 0 saturated heterocycles. The van der Waals surface area contributed by atoms with Crippen molar-refractivity contribution in [1.29, 1.82) is 0 Å². The van der Waals surface area contributed by atoms with Gasteiger partial charge in [-0.25, -0.2) is 15.0 Å². The van der Waals surface area contributed by atoms with E-state index in [1.165, 1.54) is 0 Å². The summed E-state index contributed by atoms with van der Waals surface area (Å²) in [6, 6.07) is 7.81. The van der Waals surface area contributed by atoms with Crippen LogP contribution in [0.3, 0.4) is 0 Å². The number of nitrogens with zero attached hydrogens (tertiary/aromatic N) is 3. The summed E-state index contributed by atoms with van der Waals surface area (Å²) in [6.45, 7) is 4.03. The van der Waals surface area contributed by atoms with Crippen molar-refractivity contribution in [2.24, 2.45) is 0 Å². The molecule has 0 atom stereocenters. The van der Waals surface area contributed by atoms with Gasteiger partial charge < -0.3 is 15.6 Å². The highest BCUT2D eigenvalue weighted by atomic mass is 16.1. The van der Waals surface area contributed by atoms with E-state index >= 15 is 0 Å². The van der Waals surface area contributed by atoms with Gasteiger partial charge in [-0.15, -0.1) is 0 Å². The molecule has 0 saturated carbocycles. The fraction of sp³-hybridized carbons (Fsp3) is 0.143. The van der Waals surface area contributed by atoms with Crippen molar-refractivity contribution < 1.29 is 4.79 Å². The third-order valence-electron chi connectivity index (χ3n) is 4.61. The first-order chi connectivity index (χ1) is 13.6. The first kappa shape index (κ1) is 17.7. The zero-order valence-corrected chi connectivity index (χ0v) is 15.9. The first-order valence-electron chi connectivity index (χ1n) is 8.91. The predicted molar refractivity (Wildman–Crippen MR) is 110 cm³/mol. The Morgan fingerprint density at radius 2 is 1.82 bits per heavy atom. The van der Waals surface area contributed by atoms with Crippen LogP contribution in [0, 0.1) is 13.8 Å². The van der Waals surface area contributed by atoms with Gasteiger partial charge in [-0.1, -0.05) is 6.07 Å². The van der Waals surface area contributed by atoms with E-state index in [2.05, 4.69) is 30.6 Å². The molecule has 0 aliphatic rings. The fourth-order valence-corrected chi connectivity index (χ4v) is 3.15. The topological polar surface area (TPSA) is 95.6 Å². The van der Waals surface area contributed by atoms with Crippen molar-refractivity contribution in [2.45, 2.75) is 13.8 Å². The third kappa shape index (κ3) is 3.18. The van der Waals surface area contributed by atoms with E-state index in [1.54, 1.807) is 13.2 Å². The van der Waals surface area contributed by atoms with Crippen molar-refractivity contribution >= 4 is 28.4 Å². The molecule has 0 fully saturated rings. The number of pyridine rings is 3. The second kappa shape index (κ2) is 7.11. The van der Waals surface area contributed by atoms with Gasteiger partial charge in [0.15, 0.2) is 5.69 Å². The number of carbonyl (C=O) groups is 1. The molecule has 0 spiro atoms. The number of aromatic amines is 1. The molecule has 4 aromatic rings. The van der Waals surface area contributed by atoms with Crippen molar-refractivity contribution in [2.75, 3.05) is 12.4 Å². The molecular formula is C21H20N6O. The lowest BCUT2D eigenvalue weighted by atomic mass is 10.0. The highest BCUT2D eigenvalue weighted by molar-refractivity contribution is 6.07. The van der Waals surface area contributed by atoms with Crippen LogP contribution in [-0.4, -0.2) is 32.9 Å². The minimum absolute atomic E-state index is 0.223. The molecular weight excluding hydrogens is 352 g/mol. The van der Waals surface area contributed by atoms with Crippen molar-refractivity contribution in [3.63, 3.8) is 0 Å². The lowest BCUT2D eigenvalue weighted by Crippen LogP contribution is -2.19. The number of aryl methyl sites for hydroxylation is 2. The van der Waals surface area contributed by atoms with E-state index in [0.717, 1.165) is 39.3 Å². The van der Waals surface area contributed by atoms with Crippen LogP contribution in [-0.2, 0) is 0 Å². The summed E-state index contributed by atoms with van der Waals surface area (Å²) in [5.41, 5.74) is 5.22. The number of fused-ring (bicyclic) bond motifs is 1. The predicted octanol–water partition coefficient (Wildman–Crippen LogP) is 3.74. The molecule has 0 aromatic carbocycles. The summed E-state index contributed by atoms with van der Waals surface area (Å²) in [6.07, 6.45) is 7.17. The summed E-state index contributed by atoms with van der Waals surface area (Å²) < 4.78 is 0. The van der Waals surface area contributed by atoms with Gasteiger partial charge in [0.2, 0.25) is 0 Å². The zero-order valence-electron chi connectivity index (χ0n) is 15.9. The fourth-order valence-electron chi connectivity index (χ4n) is 3.15. The van der Waals surface area contributed by atoms with E-state index in [-0.39, 0.29) is 5.91 Å². The third-order valence-corrected chi connectivity index (χ3v) is 4.61. The highest BCUT2D eigenvalue weighted by Crippen LogP contribution is 2.32. The van der Waals surface area contributed by atoms with Crippen LogP contribution < -0.4 is 10.6 Å². The van der Waals surface area contributed by atoms with Gasteiger partial charge in [0.05, 0.1) is 5.52 Å². The van der Waals surface area contributed by atoms with Gasteiger partial charge in [0, 0.05) is 48.3 Å². The quantitative estimate of drug-likeness (QED) is 0.507. The minimum atomic E-state index is -0.223. The van der Waals surface area contributed by atoms with E-state index < -0.39 is 0 Å². The summed E-state index contributed by atoms with van der Waals surface area (Å²) in [5, 5.41) is 6.77. The molecule has 28 heavy (non-hydrogen) atoms. The molecule has 3 N–H and O–H groups in total. The van der Waals surface area contributed by atoms with E-state index in [9.17, 15) is 4.79 Å². The molecule has 0 bridgehead atoms. The second-order valence-electron chi connectivity index (χ2n) is 6.59. The van der Waals surface area contributed by atoms with Crippen molar-refractivity contribution in [1.82, 2.24) is 25.3 Å². The molecule has 0 unspecified atom stereocenters. The molecule has 0 aliphatic heterocycles. The number of hydrogen-bond donors (Lipinski definition) is 3. The maximum absolute atomic E-state index is 12.1. The largest absolute Gasteiger partial charge is 0.359 e. The van der Waals surface area contributed by atoms with E-state index in [1.807, 2.05) is 56.7 Å². The molecule has 7 nitrogen and oxygen atoms in total. The Balaban J connectivity index is 1.70. The second-order valence-corrected chi connectivity index (χ2v) is 6.59. The van der Waals surface area contributed by atoms with Crippen molar-refractivity contribution in [3.8, 4) is 11.1 Å². The first-order valence-corrected chi connectivity index (χ1v) is 8.91. The molecule has 1 amide bonds. The van der Waals surface area contributed by atoms with Gasteiger partial charge in [-0.3, -0.25) is 4.79 Å². The Labute approximate surface area is 162 Å². The maximum atomic E-state index is 12.1. The minimum Gasteiger partial charge on any atom is -0.359 e. The standard InChI is InChI=1S/C21H20N6O/c1-12-4-5-17(24-9-12)27-18-8-13(2)15(10-25-18)16-11-26-19-14(16)6-7-23-20(19)21(28)22-3/h4-11,26H,1-3H3,(H,22,28)(H,24,25,27). The Hall–Kier alpha value is -3.74. The summed E-state index contributed by atoms with van der Waals surface area (Å²) in [4.78, 5) is 28.3. The highest BCUT2D eigenvalue weighted by Gasteiger charge is 2.16. The molecule has 0 aliphatic carbocycles. The number of hydrogen-bond acceptors (Lipinski definition) is 5. The van der Waals surface area contributed by atoms with Crippen LogP contribution in [0.2, 0.25) is 0 Å². The van der Waals surface area contributed by atoms with Crippen LogP contribution in [0.5, 0.6) is 0 Å². The Morgan fingerprint density at radius 3 is 2.54 bits per heavy atom. The average Bonchev–Trinajstić information content (AvgIpc) is 3.13. The molecule has 140 valence electrons. The van der Waals surface area contributed by atoms with Gasteiger partial charge in [0.25, 0.3) is 5.91 Å². The van der Waals surface area contributed by atoms with Crippen LogP contribution in [0.1, 0.15) is 21.6 Å². The van der Waals surface area contributed by atoms with Gasteiger partial charge in [-0.05, 0) is 43.2 Å². The number of carbonyl (C=O) groups excluding carboxylic acids is 1. The number of aromatic nitrogens is 4. The number of amides is 1. The molecule has 4 heterocycles. The number of H-pyrrole nitrogens is 1. The number of rotatable bonds is 4. The smallest absolute Gasteiger partial charge is 0.271 e. The number of nitrogens with one attached hydrogen (secondary N) is 3. The van der Waals surface area contributed by atoms with Crippen LogP contribution in [0.4, 0.5) is 11.6 Å². The summed E-state index contributed by atoms with van der Waals surface area (Å²) >= 11 is 0. The zero-order chi connectivity index (χ0) is 19.7. The SMILES string of the molecule is CNC(=O)c1nccc2c(-c3cnc(Nc4ccc(C)cn4)cc3C)c[nH]c12. The van der Waals surface area contributed by atoms with Gasteiger partial charge >= 0.3 is 0 Å². The number of anilines is 2. The summed E-state index contributed by atoms with van der Waals surface area (Å²) in [7, 11) is 1.59. The Kier molecular flexibility index (Phi) is 4.49. The Morgan fingerprint density at radius 1 is 1.00 bits per heavy atom. The van der Waals surface area contributed by atoms with E-state index in [4.69, 9.17) is 0 Å². The monoisotopic (exact) mass is 372 g/mol. The average molecular weight is 372 g/mol. The van der Waals surface area contributed by atoms with Gasteiger partial charge in [-0.2, -0.15) is 0 Å². The molecule has 4 aromatic heterocycles. The normalized spacial score (nSPS) is 10.8. The van der Waals surface area contributed by atoms with Crippen molar-refractivity contribution in [3.05, 3.63) is 65.9 Å². The molecule has 7 heteroatoms. The molecule has 0 radical (unpaired) electrons. The Bertz CT molecular complexity index is 1160. The summed E-state index contributed by atoms with van der Waals surface area (Å²) in [5.74, 6) is 1.25. The molecule has 4 rings (SSSR count). The van der Waals surface area contributed by atoms with Gasteiger partial charge in [0.1, 0.15) is 11.6 Å².